The molecule has 2 fully saturated rings. The zero-order valence-corrected chi connectivity index (χ0v) is 13.2. The van der Waals surface area contributed by atoms with Gasteiger partial charge < -0.3 is 10.2 Å². The molecular weight excluding hydrogens is 234 g/mol. The summed E-state index contributed by atoms with van der Waals surface area (Å²) in [5.41, 5.74) is 0.485. The van der Waals surface area contributed by atoms with Gasteiger partial charge in [0.1, 0.15) is 0 Å². The fourth-order valence-electron chi connectivity index (χ4n) is 3.59. The first-order valence-corrected chi connectivity index (χ1v) is 8.30. The number of unbranched alkanes of at least 4 members (excludes halogenated alkanes) is 2. The van der Waals surface area contributed by atoms with Gasteiger partial charge in [-0.05, 0) is 31.3 Å². The standard InChI is InChI=1S/C16H33N3/c1-4-5-6-10-18-11-7-16(2,3)15(14-18)19-12-8-17-9-13-19/h15,17H,4-14H2,1-3H3. The maximum Gasteiger partial charge on any atom is 0.0275 e. The smallest absolute Gasteiger partial charge is 0.0275 e. The number of hydrogen-bond donors (Lipinski definition) is 1. The van der Waals surface area contributed by atoms with Gasteiger partial charge in [-0.25, -0.2) is 0 Å². The lowest BCUT2D eigenvalue weighted by Gasteiger charge is -2.50. The third-order valence-electron chi connectivity index (χ3n) is 5.08. The molecule has 0 aliphatic carbocycles. The van der Waals surface area contributed by atoms with E-state index in [2.05, 4.69) is 35.9 Å². The Balaban J connectivity index is 1.89. The SMILES string of the molecule is CCCCCN1CCC(C)(C)C(N2CCNCC2)C1. The van der Waals surface area contributed by atoms with Crippen LogP contribution in [0, 0.1) is 5.41 Å². The molecule has 1 unspecified atom stereocenters. The zero-order valence-electron chi connectivity index (χ0n) is 13.2. The van der Waals surface area contributed by atoms with Crippen LogP contribution in [-0.4, -0.2) is 61.7 Å². The molecule has 2 aliphatic rings. The molecule has 2 rings (SSSR count). The molecule has 0 saturated carbocycles. The fraction of sp³-hybridized carbons (Fsp3) is 1.00. The Morgan fingerprint density at radius 2 is 1.84 bits per heavy atom. The van der Waals surface area contributed by atoms with Crippen LogP contribution in [0.25, 0.3) is 0 Å². The highest BCUT2D eigenvalue weighted by Gasteiger charge is 2.38. The first-order chi connectivity index (χ1) is 9.13. The summed E-state index contributed by atoms with van der Waals surface area (Å²) >= 11 is 0. The number of nitrogens with one attached hydrogen (secondary N) is 1. The molecule has 1 atom stereocenters. The zero-order chi connectivity index (χ0) is 13.7. The molecule has 0 radical (unpaired) electrons. The van der Waals surface area contributed by atoms with Crippen molar-refractivity contribution < 1.29 is 0 Å². The second kappa shape index (κ2) is 7.05. The van der Waals surface area contributed by atoms with E-state index >= 15 is 0 Å². The molecule has 2 aliphatic heterocycles. The minimum atomic E-state index is 0.485. The van der Waals surface area contributed by atoms with E-state index in [-0.39, 0.29) is 0 Å². The number of piperazine rings is 1. The normalized spacial score (nSPS) is 29.5. The number of likely N-dealkylation sites (tertiary alicyclic amines) is 1. The summed E-state index contributed by atoms with van der Waals surface area (Å²) < 4.78 is 0. The first-order valence-electron chi connectivity index (χ1n) is 8.30. The molecule has 3 heteroatoms. The van der Waals surface area contributed by atoms with Crippen molar-refractivity contribution in [2.45, 2.75) is 52.5 Å². The van der Waals surface area contributed by atoms with Crippen LogP contribution < -0.4 is 5.32 Å². The molecule has 3 nitrogen and oxygen atoms in total. The van der Waals surface area contributed by atoms with Gasteiger partial charge in [-0.2, -0.15) is 0 Å². The highest BCUT2D eigenvalue weighted by Crippen LogP contribution is 2.34. The molecule has 0 aromatic heterocycles. The Bertz CT molecular complexity index is 259. The summed E-state index contributed by atoms with van der Waals surface area (Å²) in [4.78, 5) is 5.45. The molecular formula is C16H33N3. The number of rotatable bonds is 5. The molecule has 2 heterocycles. The van der Waals surface area contributed by atoms with Gasteiger partial charge in [-0.15, -0.1) is 0 Å². The lowest BCUT2D eigenvalue weighted by Crippen LogP contribution is -2.60. The van der Waals surface area contributed by atoms with Gasteiger partial charge in [0.25, 0.3) is 0 Å². The van der Waals surface area contributed by atoms with E-state index in [0.29, 0.717) is 5.41 Å². The van der Waals surface area contributed by atoms with E-state index in [1.165, 1.54) is 71.5 Å². The Hall–Kier alpha value is -0.120. The minimum Gasteiger partial charge on any atom is -0.314 e. The van der Waals surface area contributed by atoms with E-state index in [4.69, 9.17) is 0 Å². The first kappa shape index (κ1) is 15.3. The highest BCUT2D eigenvalue weighted by atomic mass is 15.3. The summed E-state index contributed by atoms with van der Waals surface area (Å²) in [5.74, 6) is 0. The molecule has 0 amide bonds. The van der Waals surface area contributed by atoms with Crippen LogP contribution in [0.4, 0.5) is 0 Å². The van der Waals surface area contributed by atoms with E-state index < -0.39 is 0 Å². The van der Waals surface area contributed by atoms with Gasteiger partial charge in [0, 0.05) is 38.8 Å². The number of hydrogen-bond acceptors (Lipinski definition) is 3. The van der Waals surface area contributed by atoms with Crippen LogP contribution in [-0.2, 0) is 0 Å². The molecule has 1 N–H and O–H groups in total. The van der Waals surface area contributed by atoms with Crippen molar-refractivity contribution in [2.24, 2.45) is 5.41 Å². The summed E-state index contributed by atoms with van der Waals surface area (Å²) in [6.45, 7) is 16.0. The second-order valence-electron chi connectivity index (χ2n) is 7.05. The van der Waals surface area contributed by atoms with Crippen molar-refractivity contribution >= 4 is 0 Å². The van der Waals surface area contributed by atoms with Gasteiger partial charge in [-0.3, -0.25) is 4.90 Å². The Morgan fingerprint density at radius 3 is 2.53 bits per heavy atom. The highest BCUT2D eigenvalue weighted by molar-refractivity contribution is 4.94. The summed E-state index contributed by atoms with van der Waals surface area (Å²) in [5, 5.41) is 3.48. The topological polar surface area (TPSA) is 18.5 Å². The van der Waals surface area contributed by atoms with Gasteiger partial charge >= 0.3 is 0 Å². The summed E-state index contributed by atoms with van der Waals surface area (Å²) in [6.07, 6.45) is 5.46. The quantitative estimate of drug-likeness (QED) is 0.770. The van der Waals surface area contributed by atoms with Crippen molar-refractivity contribution in [3.63, 3.8) is 0 Å². The van der Waals surface area contributed by atoms with Crippen LogP contribution in [0.1, 0.15) is 46.5 Å². The van der Waals surface area contributed by atoms with Crippen molar-refractivity contribution in [3.05, 3.63) is 0 Å². The van der Waals surface area contributed by atoms with Crippen LogP contribution in [0.15, 0.2) is 0 Å². The molecule has 112 valence electrons. The van der Waals surface area contributed by atoms with Crippen LogP contribution >= 0.6 is 0 Å². The molecule has 2 saturated heterocycles. The van der Waals surface area contributed by atoms with E-state index in [9.17, 15) is 0 Å². The number of nitrogens with zero attached hydrogens (tertiary/aromatic N) is 2. The third kappa shape index (κ3) is 4.17. The Kier molecular flexibility index (Phi) is 5.67. The van der Waals surface area contributed by atoms with Crippen LogP contribution in [0.2, 0.25) is 0 Å². The van der Waals surface area contributed by atoms with Gasteiger partial charge in [0.15, 0.2) is 0 Å². The van der Waals surface area contributed by atoms with Crippen molar-refractivity contribution in [1.82, 2.24) is 15.1 Å². The summed E-state index contributed by atoms with van der Waals surface area (Å²) in [6, 6.07) is 0.755. The van der Waals surface area contributed by atoms with E-state index in [0.717, 1.165) is 6.04 Å². The van der Waals surface area contributed by atoms with Gasteiger partial charge in [-0.1, -0.05) is 33.6 Å². The van der Waals surface area contributed by atoms with E-state index in [1.54, 1.807) is 0 Å². The molecule has 0 aromatic rings. The number of piperidine rings is 1. The van der Waals surface area contributed by atoms with Gasteiger partial charge in [0.05, 0.1) is 0 Å². The average molecular weight is 267 g/mol. The lowest BCUT2D eigenvalue weighted by atomic mass is 9.77. The minimum absolute atomic E-state index is 0.485. The average Bonchev–Trinajstić information content (AvgIpc) is 2.41. The molecule has 19 heavy (non-hydrogen) atoms. The summed E-state index contributed by atoms with van der Waals surface area (Å²) in [7, 11) is 0. The Labute approximate surface area is 119 Å². The monoisotopic (exact) mass is 267 g/mol. The Morgan fingerprint density at radius 1 is 1.11 bits per heavy atom. The van der Waals surface area contributed by atoms with Crippen molar-refractivity contribution in [2.75, 3.05) is 45.8 Å². The third-order valence-corrected chi connectivity index (χ3v) is 5.08. The van der Waals surface area contributed by atoms with Gasteiger partial charge in [0.2, 0.25) is 0 Å². The molecule has 0 bridgehead atoms. The maximum absolute atomic E-state index is 3.48. The molecule has 0 aromatic carbocycles. The maximum atomic E-state index is 3.48. The molecule has 0 spiro atoms. The second-order valence-corrected chi connectivity index (χ2v) is 7.05. The van der Waals surface area contributed by atoms with Crippen molar-refractivity contribution in [1.29, 1.82) is 0 Å². The van der Waals surface area contributed by atoms with E-state index in [1.807, 2.05) is 0 Å². The van der Waals surface area contributed by atoms with Crippen molar-refractivity contribution in [3.8, 4) is 0 Å². The van der Waals surface area contributed by atoms with Crippen LogP contribution in [0.3, 0.4) is 0 Å². The largest absolute Gasteiger partial charge is 0.314 e. The van der Waals surface area contributed by atoms with Crippen LogP contribution in [0.5, 0.6) is 0 Å². The predicted molar refractivity (Wildman–Crippen MR) is 82.6 cm³/mol. The predicted octanol–water partition coefficient (Wildman–Crippen LogP) is 2.18. The lowest BCUT2D eigenvalue weighted by molar-refractivity contribution is 0.000529. The fourth-order valence-corrected chi connectivity index (χ4v) is 3.59.